The van der Waals surface area contributed by atoms with E-state index in [1.54, 1.807) is 13.2 Å². The average Bonchev–Trinajstić information content (AvgIpc) is 3.32. The van der Waals surface area contributed by atoms with Crippen LogP contribution >= 0.6 is 0 Å². The highest BCUT2D eigenvalue weighted by Gasteiger charge is 2.35. The molecule has 34 heavy (non-hydrogen) atoms. The Kier molecular flexibility index (Phi) is 6.79. The summed E-state index contributed by atoms with van der Waals surface area (Å²) in [5.41, 5.74) is 3.06. The van der Waals surface area contributed by atoms with Gasteiger partial charge < -0.3 is 19.4 Å². The molecular formula is C28H32N2O4. The first-order valence-electron chi connectivity index (χ1n) is 12.3. The van der Waals surface area contributed by atoms with E-state index in [0.717, 1.165) is 29.5 Å². The molecule has 6 nitrogen and oxygen atoms in total. The normalized spacial score (nSPS) is 21.6. The minimum Gasteiger partial charge on any atom is -0.452 e. The van der Waals surface area contributed by atoms with Crippen LogP contribution in [0.15, 0.2) is 52.9 Å². The molecule has 1 atom stereocenters. The van der Waals surface area contributed by atoms with E-state index in [4.69, 9.17) is 9.15 Å². The first kappa shape index (κ1) is 22.8. The van der Waals surface area contributed by atoms with Gasteiger partial charge in [-0.1, -0.05) is 30.3 Å². The van der Waals surface area contributed by atoms with Crippen LogP contribution in [-0.4, -0.2) is 56.5 Å². The van der Waals surface area contributed by atoms with E-state index in [2.05, 4.69) is 10.2 Å². The first-order chi connectivity index (χ1) is 16.6. The van der Waals surface area contributed by atoms with Crippen LogP contribution in [0.4, 0.5) is 0 Å². The summed E-state index contributed by atoms with van der Waals surface area (Å²) in [5, 5.41) is 3.83. The summed E-state index contributed by atoms with van der Waals surface area (Å²) in [7, 11) is 1.65. The van der Waals surface area contributed by atoms with Crippen molar-refractivity contribution in [2.24, 2.45) is 11.8 Å². The molecule has 2 aromatic carbocycles. The van der Waals surface area contributed by atoms with Crippen molar-refractivity contribution >= 4 is 22.7 Å². The summed E-state index contributed by atoms with van der Waals surface area (Å²) < 4.78 is 11.2. The number of furan rings is 1. The Bertz CT molecular complexity index is 1180. The van der Waals surface area contributed by atoms with Gasteiger partial charge in [0.15, 0.2) is 11.5 Å². The van der Waals surface area contributed by atoms with Gasteiger partial charge in [-0.15, -0.1) is 0 Å². The molecule has 3 aliphatic rings. The van der Waals surface area contributed by atoms with Gasteiger partial charge in [0.05, 0.1) is 0 Å². The Morgan fingerprint density at radius 2 is 1.94 bits per heavy atom. The predicted molar refractivity (Wildman–Crippen MR) is 132 cm³/mol. The minimum atomic E-state index is -0.113. The van der Waals surface area contributed by atoms with Crippen LogP contribution in [0.5, 0.6) is 0 Å². The van der Waals surface area contributed by atoms with Crippen molar-refractivity contribution in [3.8, 4) is 11.1 Å². The van der Waals surface area contributed by atoms with E-state index in [1.807, 2.05) is 42.5 Å². The number of nitrogens with zero attached hydrogens (tertiary/aromatic N) is 1. The van der Waals surface area contributed by atoms with Crippen molar-refractivity contribution in [1.82, 2.24) is 10.2 Å². The zero-order chi connectivity index (χ0) is 23.5. The molecule has 3 fully saturated rings. The molecule has 1 amide bonds. The van der Waals surface area contributed by atoms with Gasteiger partial charge in [-0.2, -0.15) is 0 Å². The lowest BCUT2D eigenvalue weighted by Crippen LogP contribution is -2.47. The summed E-state index contributed by atoms with van der Waals surface area (Å²) >= 11 is 0. The van der Waals surface area contributed by atoms with Crippen LogP contribution in [0.3, 0.4) is 0 Å². The molecule has 1 N–H and O–H groups in total. The topological polar surface area (TPSA) is 71.8 Å². The number of benzene rings is 2. The quantitative estimate of drug-likeness (QED) is 0.368. The highest BCUT2D eigenvalue weighted by Crippen LogP contribution is 2.36. The molecule has 0 radical (unpaired) electrons. The van der Waals surface area contributed by atoms with Gasteiger partial charge in [0.2, 0.25) is 0 Å². The van der Waals surface area contributed by atoms with Crippen molar-refractivity contribution in [3.63, 3.8) is 0 Å². The summed E-state index contributed by atoms with van der Waals surface area (Å²) in [6.45, 7) is 4.56. The number of hydrogen-bond acceptors (Lipinski definition) is 5. The molecule has 3 aromatic rings. The third kappa shape index (κ3) is 4.79. The molecule has 0 spiro atoms. The molecule has 0 aliphatic carbocycles. The van der Waals surface area contributed by atoms with Crippen molar-refractivity contribution < 1.29 is 18.7 Å². The lowest BCUT2D eigenvalue weighted by atomic mass is 9.76. The molecule has 178 valence electrons. The molecule has 3 saturated heterocycles. The van der Waals surface area contributed by atoms with Crippen LogP contribution in [-0.2, 0) is 4.74 Å². The Labute approximate surface area is 200 Å². The number of piperidine rings is 3. The first-order valence-corrected chi connectivity index (χ1v) is 12.3. The third-order valence-electron chi connectivity index (χ3n) is 7.30. The zero-order valence-electron chi connectivity index (χ0n) is 19.7. The van der Waals surface area contributed by atoms with Gasteiger partial charge in [-0.3, -0.25) is 9.59 Å². The Hall–Kier alpha value is -2.96. The number of rotatable bonds is 9. The number of carbonyl (C=O) groups excluding carboxylic acids is 2. The Morgan fingerprint density at radius 3 is 2.71 bits per heavy atom. The fourth-order valence-electron chi connectivity index (χ4n) is 5.43. The standard InChI is InChI=1S/C28H32N2O4/c1-33-14-4-11-29-28(32)22-7-2-5-20(15-22)24-8-3-6-21-17-26(34-27(21)24)25(31)16-23-18-30-12-9-19(23)10-13-30/h2-3,5-8,15,17,19,23H,4,9-14,16,18H2,1H3,(H,29,32)/t23-/m1/s1. The fraction of sp³-hybridized carbons (Fsp3) is 0.429. The molecule has 2 bridgehead atoms. The molecule has 3 aliphatic heterocycles. The molecule has 6 heteroatoms. The Morgan fingerprint density at radius 1 is 1.12 bits per heavy atom. The molecule has 0 saturated carbocycles. The van der Waals surface area contributed by atoms with Crippen LogP contribution in [0.1, 0.15) is 46.6 Å². The second-order valence-electron chi connectivity index (χ2n) is 9.54. The summed E-state index contributed by atoms with van der Waals surface area (Å²) in [6, 6.07) is 15.3. The van der Waals surface area contributed by atoms with Crippen LogP contribution in [0.25, 0.3) is 22.1 Å². The number of amides is 1. The van der Waals surface area contributed by atoms with E-state index in [1.165, 1.54) is 25.9 Å². The number of fused-ring (bicyclic) bond motifs is 4. The van der Waals surface area contributed by atoms with E-state index in [9.17, 15) is 9.59 Å². The second-order valence-corrected chi connectivity index (χ2v) is 9.54. The number of methoxy groups -OCH3 is 1. The molecule has 6 rings (SSSR count). The lowest BCUT2D eigenvalue weighted by Gasteiger charge is -2.44. The zero-order valence-corrected chi connectivity index (χ0v) is 19.7. The van der Waals surface area contributed by atoms with Gasteiger partial charge in [0.1, 0.15) is 5.58 Å². The predicted octanol–water partition coefficient (Wildman–Crippen LogP) is 4.78. The summed E-state index contributed by atoms with van der Waals surface area (Å²) in [6.07, 6.45) is 3.73. The SMILES string of the molecule is COCCCNC(=O)c1cccc(-c2cccc3cc(C(=O)C[C@@H]4CN5CCC4CC5)oc23)c1. The van der Waals surface area contributed by atoms with Gasteiger partial charge in [-0.25, -0.2) is 0 Å². The largest absolute Gasteiger partial charge is 0.452 e. The van der Waals surface area contributed by atoms with Gasteiger partial charge >= 0.3 is 0 Å². The van der Waals surface area contributed by atoms with Crippen molar-refractivity contribution in [1.29, 1.82) is 0 Å². The van der Waals surface area contributed by atoms with E-state index < -0.39 is 0 Å². The second kappa shape index (κ2) is 10.1. The fourth-order valence-corrected chi connectivity index (χ4v) is 5.43. The van der Waals surface area contributed by atoms with Crippen LogP contribution in [0.2, 0.25) is 0 Å². The number of nitrogens with one attached hydrogen (secondary N) is 1. The summed E-state index contributed by atoms with van der Waals surface area (Å²) in [4.78, 5) is 28.2. The highest BCUT2D eigenvalue weighted by molar-refractivity contribution is 6.02. The number of hydrogen-bond donors (Lipinski definition) is 1. The third-order valence-corrected chi connectivity index (χ3v) is 7.30. The average molecular weight is 461 g/mol. The number of ether oxygens (including phenoxy) is 1. The van der Waals surface area contributed by atoms with Gasteiger partial charge in [-0.05, 0) is 68.0 Å². The molecular weight excluding hydrogens is 428 g/mol. The van der Waals surface area contributed by atoms with E-state index >= 15 is 0 Å². The summed E-state index contributed by atoms with van der Waals surface area (Å²) in [5.74, 6) is 1.51. The van der Waals surface area contributed by atoms with E-state index in [0.29, 0.717) is 48.3 Å². The number of ketones is 1. The molecule has 1 aromatic heterocycles. The maximum Gasteiger partial charge on any atom is 0.251 e. The minimum absolute atomic E-state index is 0.0880. The smallest absolute Gasteiger partial charge is 0.251 e. The van der Waals surface area contributed by atoms with Crippen molar-refractivity contribution in [2.45, 2.75) is 25.7 Å². The molecule has 0 unspecified atom stereocenters. The van der Waals surface area contributed by atoms with Crippen molar-refractivity contribution in [2.75, 3.05) is 39.9 Å². The maximum absolute atomic E-state index is 13.1. The monoisotopic (exact) mass is 460 g/mol. The maximum atomic E-state index is 13.1. The van der Waals surface area contributed by atoms with Crippen LogP contribution < -0.4 is 5.32 Å². The Balaban J connectivity index is 1.35. The number of carbonyl (C=O) groups is 2. The lowest BCUT2D eigenvalue weighted by molar-refractivity contribution is 0.0433. The number of para-hydroxylation sites is 1. The van der Waals surface area contributed by atoms with E-state index in [-0.39, 0.29) is 11.7 Å². The number of Topliss-reactive ketones (excluding diaryl/α,β-unsaturated/α-hetero) is 1. The van der Waals surface area contributed by atoms with Crippen molar-refractivity contribution in [3.05, 3.63) is 59.9 Å². The highest BCUT2D eigenvalue weighted by atomic mass is 16.5. The van der Waals surface area contributed by atoms with Gasteiger partial charge in [0, 0.05) is 49.7 Å². The van der Waals surface area contributed by atoms with Crippen LogP contribution in [0, 0.1) is 11.8 Å². The molecule has 4 heterocycles. The van der Waals surface area contributed by atoms with Gasteiger partial charge in [0.25, 0.3) is 5.91 Å².